The van der Waals surface area contributed by atoms with Gasteiger partial charge >= 0.3 is 0 Å². The number of benzene rings is 2. The quantitative estimate of drug-likeness (QED) is 0.403. The minimum absolute atomic E-state index is 0.0142. The number of nitrogen functional groups attached to an aromatic ring is 1. The first kappa shape index (κ1) is 21.3. The number of Topliss-reactive ketones (excluding diaryl/α,β-unsaturated/α-hetero) is 1. The molecule has 4 aromatic rings. The van der Waals surface area contributed by atoms with Gasteiger partial charge in [0.15, 0.2) is 17.5 Å². The van der Waals surface area contributed by atoms with Crippen LogP contribution in [0.15, 0.2) is 48.5 Å². The van der Waals surface area contributed by atoms with E-state index in [-0.39, 0.29) is 29.2 Å². The van der Waals surface area contributed by atoms with Crippen LogP contribution in [0.2, 0.25) is 0 Å². The van der Waals surface area contributed by atoms with Gasteiger partial charge in [-0.25, -0.2) is 4.39 Å². The summed E-state index contributed by atoms with van der Waals surface area (Å²) in [4.78, 5) is 25.9. The zero-order chi connectivity index (χ0) is 22.7. The number of carbonyl (C=O) groups is 1. The summed E-state index contributed by atoms with van der Waals surface area (Å²) in [6, 6.07) is 15.7. The summed E-state index contributed by atoms with van der Waals surface area (Å²) >= 11 is 1.10. The Morgan fingerprint density at radius 3 is 2.72 bits per heavy atom. The first-order chi connectivity index (χ1) is 15.5. The summed E-state index contributed by atoms with van der Waals surface area (Å²) in [5.74, 6) is -2.51. The highest BCUT2D eigenvalue weighted by Crippen LogP contribution is 2.36. The number of fused-ring (bicyclic) bond motifs is 1. The Balaban J connectivity index is 1.75. The summed E-state index contributed by atoms with van der Waals surface area (Å²) in [7, 11) is 1.45. The Morgan fingerprint density at radius 2 is 2.00 bits per heavy atom. The molecule has 1 unspecified atom stereocenters. The highest BCUT2D eigenvalue weighted by molar-refractivity contribution is 7.21. The van der Waals surface area contributed by atoms with E-state index in [1.165, 1.54) is 13.2 Å². The van der Waals surface area contributed by atoms with Crippen molar-refractivity contribution in [2.45, 2.75) is 12.5 Å². The smallest absolute Gasteiger partial charge is 0.232 e. The third-order valence-corrected chi connectivity index (χ3v) is 5.84. The maximum atomic E-state index is 14.5. The minimum Gasteiger partial charge on any atom is -0.380 e. The predicted molar refractivity (Wildman–Crippen MR) is 119 cm³/mol. The van der Waals surface area contributed by atoms with E-state index in [0.29, 0.717) is 21.3 Å². The molecule has 0 amide bonds. The fourth-order valence-electron chi connectivity index (χ4n) is 3.26. The molecule has 8 nitrogen and oxygen atoms in total. The summed E-state index contributed by atoms with van der Waals surface area (Å²) in [5.41, 5.74) is 6.90. The fraction of sp³-hybridized carbons (Fsp3) is 0.136. The van der Waals surface area contributed by atoms with E-state index >= 15 is 0 Å². The van der Waals surface area contributed by atoms with Crippen molar-refractivity contribution >= 4 is 44.8 Å². The second-order valence-electron chi connectivity index (χ2n) is 6.75. The summed E-state index contributed by atoms with van der Waals surface area (Å²) in [6.45, 7) is 0.0142. The van der Waals surface area contributed by atoms with E-state index in [1.807, 2.05) is 24.3 Å². The molecule has 160 valence electrons. The molecule has 0 spiro atoms. The van der Waals surface area contributed by atoms with Crippen LogP contribution in [0.4, 0.5) is 22.0 Å². The van der Waals surface area contributed by atoms with E-state index in [4.69, 9.17) is 10.5 Å². The van der Waals surface area contributed by atoms with Crippen LogP contribution in [0.3, 0.4) is 0 Å². The molecule has 3 N–H and O–H groups in total. The van der Waals surface area contributed by atoms with Crippen LogP contribution in [0, 0.1) is 17.1 Å². The average molecular weight is 448 g/mol. The fourth-order valence-corrected chi connectivity index (χ4v) is 4.45. The normalized spacial score (nSPS) is 11.8. The number of thiophene rings is 1. The van der Waals surface area contributed by atoms with Crippen molar-refractivity contribution in [2.24, 2.45) is 0 Å². The SMILES string of the molecule is COCc1c(C(=O)C(C#N)c2nc(N)nc(Nc3ccccc3)n2)sc2cccc(F)c12. The largest absolute Gasteiger partial charge is 0.380 e. The molecule has 0 fully saturated rings. The van der Waals surface area contributed by atoms with Crippen LogP contribution >= 0.6 is 11.3 Å². The second-order valence-corrected chi connectivity index (χ2v) is 7.80. The molecular weight excluding hydrogens is 431 g/mol. The van der Waals surface area contributed by atoms with Gasteiger partial charge in [-0.15, -0.1) is 11.3 Å². The molecule has 0 aliphatic carbocycles. The lowest BCUT2D eigenvalue weighted by atomic mass is 10.00. The lowest BCUT2D eigenvalue weighted by Crippen LogP contribution is -2.17. The van der Waals surface area contributed by atoms with Gasteiger partial charge in [0.05, 0.1) is 17.6 Å². The summed E-state index contributed by atoms with van der Waals surface area (Å²) in [5, 5.41) is 13.1. The number of halogens is 1. The minimum atomic E-state index is -1.36. The predicted octanol–water partition coefficient (Wildman–Crippen LogP) is 4.19. The number of nitrogens with two attached hydrogens (primary N) is 1. The van der Waals surface area contributed by atoms with Gasteiger partial charge in [0.1, 0.15) is 5.82 Å². The number of hydrogen-bond acceptors (Lipinski definition) is 9. The molecule has 0 aliphatic heterocycles. The second kappa shape index (κ2) is 9.05. The highest BCUT2D eigenvalue weighted by Gasteiger charge is 2.30. The Labute approximate surface area is 186 Å². The number of nitrogens with zero attached hydrogens (tertiary/aromatic N) is 4. The van der Waals surface area contributed by atoms with Crippen molar-refractivity contribution in [3.05, 3.63) is 70.6 Å². The number of carbonyl (C=O) groups excluding carboxylic acids is 1. The zero-order valence-electron chi connectivity index (χ0n) is 16.9. The van der Waals surface area contributed by atoms with Crippen molar-refractivity contribution in [1.82, 2.24) is 15.0 Å². The number of methoxy groups -OCH3 is 1. The Bertz CT molecular complexity index is 1340. The van der Waals surface area contributed by atoms with Crippen LogP contribution in [-0.4, -0.2) is 27.8 Å². The average Bonchev–Trinajstić information content (AvgIpc) is 3.14. The van der Waals surface area contributed by atoms with Crippen LogP contribution in [-0.2, 0) is 11.3 Å². The molecule has 0 saturated carbocycles. The number of para-hydroxylation sites is 1. The van der Waals surface area contributed by atoms with E-state index in [2.05, 4.69) is 20.3 Å². The zero-order valence-corrected chi connectivity index (χ0v) is 17.7. The molecule has 4 rings (SSSR count). The van der Waals surface area contributed by atoms with Crippen molar-refractivity contribution in [2.75, 3.05) is 18.2 Å². The van der Waals surface area contributed by atoms with E-state index < -0.39 is 17.5 Å². The maximum Gasteiger partial charge on any atom is 0.232 e. The summed E-state index contributed by atoms with van der Waals surface area (Å²) in [6.07, 6.45) is 0. The van der Waals surface area contributed by atoms with Gasteiger partial charge in [0, 0.05) is 28.4 Å². The van der Waals surface area contributed by atoms with E-state index in [9.17, 15) is 14.4 Å². The third-order valence-electron chi connectivity index (χ3n) is 4.63. The van der Waals surface area contributed by atoms with Crippen molar-refractivity contribution in [1.29, 1.82) is 5.26 Å². The molecular formula is C22H17FN6O2S. The maximum absolute atomic E-state index is 14.5. The molecule has 2 aromatic heterocycles. The molecule has 10 heteroatoms. The number of ketones is 1. The van der Waals surface area contributed by atoms with Gasteiger partial charge < -0.3 is 15.8 Å². The number of ether oxygens (including phenoxy) is 1. The summed E-state index contributed by atoms with van der Waals surface area (Å²) < 4.78 is 20.3. The van der Waals surface area contributed by atoms with Crippen molar-refractivity contribution in [3.63, 3.8) is 0 Å². The first-order valence-corrected chi connectivity index (χ1v) is 10.3. The lowest BCUT2D eigenvalue weighted by molar-refractivity contribution is 0.0976. The van der Waals surface area contributed by atoms with Gasteiger partial charge in [-0.3, -0.25) is 4.79 Å². The van der Waals surface area contributed by atoms with Crippen LogP contribution in [0.25, 0.3) is 10.1 Å². The van der Waals surface area contributed by atoms with Crippen molar-refractivity contribution < 1.29 is 13.9 Å². The molecule has 0 radical (unpaired) electrons. The number of nitrogens with one attached hydrogen (secondary N) is 1. The van der Waals surface area contributed by atoms with E-state index in [0.717, 1.165) is 11.3 Å². The standard InChI is InChI=1S/C22H17FN6O2S/c1-31-11-14-17-15(23)8-5-9-16(17)32-19(14)18(30)13(10-24)20-27-21(25)29-22(28-20)26-12-6-3-2-4-7-12/h2-9,13H,11H2,1H3,(H3,25,26,27,28,29). The number of aromatic nitrogens is 3. The van der Waals surface area contributed by atoms with Crippen LogP contribution < -0.4 is 11.1 Å². The van der Waals surface area contributed by atoms with Crippen LogP contribution in [0.1, 0.15) is 27.0 Å². The van der Waals surface area contributed by atoms with Gasteiger partial charge in [-0.1, -0.05) is 24.3 Å². The van der Waals surface area contributed by atoms with Crippen LogP contribution in [0.5, 0.6) is 0 Å². The van der Waals surface area contributed by atoms with Gasteiger partial charge in [0.2, 0.25) is 11.9 Å². The Morgan fingerprint density at radius 1 is 1.22 bits per heavy atom. The van der Waals surface area contributed by atoms with Gasteiger partial charge in [0.25, 0.3) is 0 Å². The number of rotatable bonds is 7. The van der Waals surface area contributed by atoms with Gasteiger partial charge in [-0.05, 0) is 24.3 Å². The third kappa shape index (κ3) is 4.12. The molecule has 32 heavy (non-hydrogen) atoms. The molecule has 1 atom stereocenters. The first-order valence-electron chi connectivity index (χ1n) is 9.48. The van der Waals surface area contributed by atoms with E-state index in [1.54, 1.807) is 24.3 Å². The lowest BCUT2D eigenvalue weighted by Gasteiger charge is -2.11. The van der Waals surface area contributed by atoms with Gasteiger partial charge in [-0.2, -0.15) is 20.2 Å². The Kier molecular flexibility index (Phi) is 6.02. The monoisotopic (exact) mass is 448 g/mol. The Hall–Kier alpha value is -3.94. The molecule has 0 saturated heterocycles. The van der Waals surface area contributed by atoms with Crippen molar-refractivity contribution in [3.8, 4) is 6.07 Å². The highest BCUT2D eigenvalue weighted by atomic mass is 32.1. The number of anilines is 3. The molecule has 0 aliphatic rings. The molecule has 2 aromatic carbocycles. The number of nitriles is 1. The number of hydrogen-bond donors (Lipinski definition) is 2. The topological polar surface area (TPSA) is 127 Å². The molecule has 2 heterocycles. The molecule has 0 bridgehead atoms.